The van der Waals surface area contributed by atoms with Gasteiger partial charge in [-0.05, 0) is 58.1 Å². The van der Waals surface area contributed by atoms with Crippen LogP contribution in [0.5, 0.6) is 0 Å². The van der Waals surface area contributed by atoms with E-state index >= 15 is 0 Å². The van der Waals surface area contributed by atoms with Crippen molar-refractivity contribution in [3.05, 3.63) is 40.7 Å². The lowest BCUT2D eigenvalue weighted by molar-refractivity contribution is 0.0994. The van der Waals surface area contributed by atoms with Crippen molar-refractivity contribution in [3.8, 4) is 0 Å². The second-order valence-electron chi connectivity index (χ2n) is 6.86. The molecule has 2 atom stereocenters. The Bertz CT molecular complexity index is 745. The summed E-state index contributed by atoms with van der Waals surface area (Å²) in [6.07, 6.45) is 3.11. The zero-order valence-corrected chi connectivity index (χ0v) is 18.3. The Labute approximate surface area is 171 Å². The van der Waals surface area contributed by atoms with Gasteiger partial charge in [-0.25, -0.2) is 0 Å². The van der Waals surface area contributed by atoms with E-state index in [1.54, 1.807) is 24.3 Å². The molecule has 0 bridgehead atoms. The number of halogens is 1. The highest BCUT2D eigenvalue weighted by atomic mass is 35.5. The number of nitrogens with zero attached hydrogens (tertiary/aromatic N) is 4. The van der Waals surface area contributed by atoms with Crippen LogP contribution in [0.3, 0.4) is 0 Å². The summed E-state index contributed by atoms with van der Waals surface area (Å²) in [6, 6.07) is 7.25. The fourth-order valence-electron chi connectivity index (χ4n) is 3.00. The fourth-order valence-corrected chi connectivity index (χ4v) is 4.08. The first-order valence-corrected chi connectivity index (χ1v) is 10.7. The number of benzene rings is 1. The van der Waals surface area contributed by atoms with Crippen LogP contribution in [0.4, 0.5) is 0 Å². The van der Waals surface area contributed by atoms with Gasteiger partial charge in [0.05, 0.1) is 11.3 Å². The molecule has 0 saturated carbocycles. The SMILES string of the molecule is CCCCn1c(SC(C)C(=O)c2ccc(Cl)cc2)nnc1C(CC)N(C)C. The summed E-state index contributed by atoms with van der Waals surface area (Å²) in [7, 11) is 4.12. The van der Waals surface area contributed by atoms with Gasteiger partial charge in [0.15, 0.2) is 16.8 Å². The first kappa shape index (κ1) is 21.9. The van der Waals surface area contributed by atoms with Crippen molar-refractivity contribution in [2.24, 2.45) is 0 Å². The largest absolute Gasteiger partial charge is 0.305 e. The van der Waals surface area contributed by atoms with E-state index < -0.39 is 0 Å². The molecule has 1 aromatic heterocycles. The van der Waals surface area contributed by atoms with E-state index in [0.29, 0.717) is 10.6 Å². The molecule has 2 unspecified atom stereocenters. The summed E-state index contributed by atoms with van der Waals surface area (Å²) < 4.78 is 2.19. The van der Waals surface area contributed by atoms with Crippen LogP contribution < -0.4 is 0 Å². The van der Waals surface area contributed by atoms with E-state index in [2.05, 4.69) is 47.6 Å². The maximum absolute atomic E-state index is 12.8. The lowest BCUT2D eigenvalue weighted by Gasteiger charge is -2.23. The molecule has 0 radical (unpaired) electrons. The average molecular weight is 409 g/mol. The molecule has 27 heavy (non-hydrogen) atoms. The number of ketones is 1. The molecule has 2 rings (SSSR count). The monoisotopic (exact) mass is 408 g/mol. The Morgan fingerprint density at radius 2 is 1.89 bits per heavy atom. The van der Waals surface area contributed by atoms with Crippen LogP contribution in [-0.4, -0.2) is 44.8 Å². The second kappa shape index (κ2) is 10.2. The van der Waals surface area contributed by atoms with Gasteiger partial charge < -0.3 is 4.57 Å². The number of carbonyl (C=O) groups is 1. The van der Waals surface area contributed by atoms with Crippen molar-refractivity contribution in [1.29, 1.82) is 0 Å². The minimum atomic E-state index is -0.247. The predicted octanol–water partition coefficient (Wildman–Crippen LogP) is 5.11. The van der Waals surface area contributed by atoms with Gasteiger partial charge in [-0.2, -0.15) is 0 Å². The van der Waals surface area contributed by atoms with E-state index in [9.17, 15) is 4.79 Å². The molecule has 0 aliphatic carbocycles. The molecule has 0 aliphatic heterocycles. The molecule has 0 aliphatic rings. The molecular weight excluding hydrogens is 380 g/mol. The van der Waals surface area contributed by atoms with Crippen molar-refractivity contribution in [3.63, 3.8) is 0 Å². The van der Waals surface area contributed by atoms with Gasteiger partial charge in [0.2, 0.25) is 0 Å². The average Bonchev–Trinajstić information content (AvgIpc) is 3.02. The van der Waals surface area contributed by atoms with Crippen molar-refractivity contribution in [1.82, 2.24) is 19.7 Å². The van der Waals surface area contributed by atoms with Crippen LogP contribution >= 0.6 is 23.4 Å². The van der Waals surface area contributed by atoms with Crippen LogP contribution in [-0.2, 0) is 6.54 Å². The first-order chi connectivity index (χ1) is 12.9. The number of hydrogen-bond acceptors (Lipinski definition) is 5. The first-order valence-electron chi connectivity index (χ1n) is 9.44. The summed E-state index contributed by atoms with van der Waals surface area (Å²) >= 11 is 7.40. The van der Waals surface area contributed by atoms with Crippen LogP contribution in [0.25, 0.3) is 0 Å². The lowest BCUT2D eigenvalue weighted by atomic mass is 10.1. The van der Waals surface area contributed by atoms with Crippen molar-refractivity contribution in [2.75, 3.05) is 14.1 Å². The Morgan fingerprint density at radius 1 is 1.22 bits per heavy atom. The summed E-state index contributed by atoms with van der Waals surface area (Å²) in [4.78, 5) is 14.9. The minimum Gasteiger partial charge on any atom is -0.305 e. The van der Waals surface area contributed by atoms with Crippen molar-refractivity contribution < 1.29 is 4.79 Å². The molecule has 1 aromatic carbocycles. The number of unbranched alkanes of at least 4 members (excludes halogenated alkanes) is 1. The van der Waals surface area contributed by atoms with E-state index in [4.69, 9.17) is 11.6 Å². The third-order valence-corrected chi connectivity index (χ3v) is 5.90. The van der Waals surface area contributed by atoms with Gasteiger partial charge in [-0.1, -0.05) is 43.6 Å². The number of carbonyl (C=O) groups excluding carboxylic acids is 1. The molecule has 0 fully saturated rings. The van der Waals surface area contributed by atoms with Gasteiger partial charge in [0, 0.05) is 17.1 Å². The number of aromatic nitrogens is 3. The van der Waals surface area contributed by atoms with E-state index in [1.807, 2.05) is 6.92 Å². The molecule has 7 heteroatoms. The number of thioether (sulfide) groups is 1. The molecule has 5 nitrogen and oxygen atoms in total. The minimum absolute atomic E-state index is 0.0721. The van der Waals surface area contributed by atoms with E-state index in [-0.39, 0.29) is 17.1 Å². The summed E-state index contributed by atoms with van der Waals surface area (Å²) in [6.45, 7) is 7.12. The highest BCUT2D eigenvalue weighted by Crippen LogP contribution is 2.29. The van der Waals surface area contributed by atoms with Gasteiger partial charge >= 0.3 is 0 Å². The number of hydrogen-bond donors (Lipinski definition) is 0. The summed E-state index contributed by atoms with van der Waals surface area (Å²) in [5, 5.41) is 10.1. The fraction of sp³-hybridized carbons (Fsp3) is 0.550. The Hall–Kier alpha value is -1.37. The van der Waals surface area contributed by atoms with E-state index in [1.165, 1.54) is 11.8 Å². The summed E-state index contributed by atoms with van der Waals surface area (Å²) in [5.41, 5.74) is 0.666. The molecule has 1 heterocycles. The highest BCUT2D eigenvalue weighted by Gasteiger charge is 2.25. The van der Waals surface area contributed by atoms with Gasteiger partial charge in [0.25, 0.3) is 0 Å². The highest BCUT2D eigenvalue weighted by molar-refractivity contribution is 8.00. The predicted molar refractivity (Wildman–Crippen MR) is 113 cm³/mol. The zero-order chi connectivity index (χ0) is 20.0. The normalized spacial score (nSPS) is 13.7. The number of rotatable bonds is 10. The standard InChI is InChI=1S/C20H29ClN4OS/c1-6-8-13-25-19(17(7-2)24(4)5)22-23-20(25)27-14(3)18(26)15-9-11-16(21)12-10-15/h9-12,14,17H,6-8,13H2,1-5H3. The number of Topliss-reactive ketones (excluding diaryl/α,β-unsaturated/α-hetero) is 1. The topological polar surface area (TPSA) is 51.0 Å². The maximum atomic E-state index is 12.8. The van der Waals surface area contributed by atoms with Crippen LogP contribution in [0.1, 0.15) is 62.3 Å². The summed E-state index contributed by atoms with van der Waals surface area (Å²) in [5.74, 6) is 1.05. The Morgan fingerprint density at radius 3 is 2.44 bits per heavy atom. The zero-order valence-electron chi connectivity index (χ0n) is 16.8. The second-order valence-corrected chi connectivity index (χ2v) is 8.61. The van der Waals surface area contributed by atoms with Gasteiger partial charge in [-0.15, -0.1) is 10.2 Å². The molecule has 2 aromatic rings. The smallest absolute Gasteiger partial charge is 0.191 e. The molecule has 0 spiro atoms. The van der Waals surface area contributed by atoms with Gasteiger partial charge in [0.1, 0.15) is 0 Å². The van der Waals surface area contributed by atoms with Gasteiger partial charge in [-0.3, -0.25) is 9.69 Å². The molecule has 0 amide bonds. The van der Waals surface area contributed by atoms with Crippen molar-refractivity contribution in [2.45, 2.75) is 63.0 Å². The van der Waals surface area contributed by atoms with Crippen LogP contribution in [0.15, 0.2) is 29.4 Å². The van der Waals surface area contributed by atoms with Crippen molar-refractivity contribution >= 4 is 29.1 Å². The lowest BCUT2D eigenvalue weighted by Crippen LogP contribution is -2.23. The van der Waals surface area contributed by atoms with Crippen LogP contribution in [0.2, 0.25) is 5.02 Å². The van der Waals surface area contributed by atoms with E-state index in [0.717, 1.165) is 36.8 Å². The molecule has 148 valence electrons. The maximum Gasteiger partial charge on any atom is 0.191 e. The van der Waals surface area contributed by atoms with Crippen LogP contribution in [0, 0.1) is 0 Å². The molecular formula is C20H29ClN4OS. The third kappa shape index (κ3) is 5.56. The third-order valence-electron chi connectivity index (χ3n) is 4.57. The molecule has 0 saturated heterocycles. The molecule has 0 N–H and O–H groups in total. The Balaban J connectivity index is 2.24. The quantitative estimate of drug-likeness (QED) is 0.404. The Kier molecular flexibility index (Phi) is 8.32.